The van der Waals surface area contributed by atoms with E-state index < -0.39 is 0 Å². The van der Waals surface area contributed by atoms with Gasteiger partial charge in [0.2, 0.25) is 0 Å². The predicted molar refractivity (Wildman–Crippen MR) is 359 cm³/mol. The Labute approximate surface area is 513 Å². The van der Waals surface area contributed by atoms with Crippen LogP contribution in [0.25, 0.3) is 154 Å². The molecule has 0 unspecified atom stereocenters. The van der Waals surface area contributed by atoms with Crippen molar-refractivity contribution in [2.24, 2.45) is 0 Å². The smallest absolute Gasteiger partial charge is 0.187 e. The summed E-state index contributed by atoms with van der Waals surface area (Å²) in [6.07, 6.45) is 0. The number of fused-ring (bicyclic) bond motifs is 6. The molecule has 89 heavy (non-hydrogen) atoms. The average molecular weight is 1130 g/mol. The van der Waals surface area contributed by atoms with E-state index >= 15 is 0 Å². The molecule has 9 heteroatoms. The highest BCUT2D eigenvalue weighted by Gasteiger charge is 2.24. The largest absolute Gasteiger partial charge is 0.309 e. The van der Waals surface area contributed by atoms with E-state index in [1.165, 1.54) is 0 Å². The third kappa shape index (κ3) is 9.57. The zero-order valence-electron chi connectivity index (χ0n) is 47.9. The van der Waals surface area contributed by atoms with Crippen LogP contribution in [0.3, 0.4) is 0 Å². The highest BCUT2D eigenvalue weighted by atomic mass is 15.0. The van der Waals surface area contributed by atoms with E-state index in [1.54, 1.807) is 0 Å². The number of rotatable bonds is 10. The van der Waals surface area contributed by atoms with Gasteiger partial charge in [0.1, 0.15) is 0 Å². The van der Waals surface area contributed by atoms with Gasteiger partial charge in [-0.3, -0.25) is 0 Å². The number of aromatic nitrogens is 5. The summed E-state index contributed by atoms with van der Waals surface area (Å²) in [5.41, 5.74) is 21.8. The highest BCUT2D eigenvalue weighted by Crippen LogP contribution is 2.45. The lowest BCUT2D eigenvalue weighted by Gasteiger charge is -2.20. The van der Waals surface area contributed by atoms with Crippen LogP contribution in [0.5, 0.6) is 0 Å². The summed E-state index contributed by atoms with van der Waals surface area (Å²) in [5, 5.41) is 23.6. The minimum Gasteiger partial charge on any atom is -0.309 e. The van der Waals surface area contributed by atoms with Gasteiger partial charge in [-0.15, -0.1) is 0 Å². The summed E-state index contributed by atoms with van der Waals surface area (Å²) in [7, 11) is 0. The summed E-state index contributed by atoms with van der Waals surface area (Å²) in [6, 6.07) is 95.4. The SMILES string of the molecule is [C-]#[N+]c1ccc(-c2ccc3c(c2)c2cc(-c4ccc([N+]#[C-])cc4)ccc2n3-c2cc(-c3nc(-c4ccccc4)nc(-c4ccccc4)n3)ccc2-c2ccc(C)cc2-n2c3ccc(-c4ccc(C#N)cc4)cc3c3cc(-c4ccc(C#N)cc4)ccc32)cc1. The summed E-state index contributed by atoms with van der Waals surface area (Å²) in [4.78, 5) is 23.0. The van der Waals surface area contributed by atoms with Crippen LogP contribution in [0.4, 0.5) is 11.4 Å². The molecule has 12 aromatic carbocycles. The number of nitrogens with zero attached hydrogens (tertiary/aromatic N) is 9. The maximum atomic E-state index is 9.71. The number of aryl methyl sites for hydroxylation is 1. The molecule has 0 bridgehead atoms. The molecule has 15 aromatic rings. The molecule has 0 saturated carbocycles. The molecule has 412 valence electrons. The van der Waals surface area contributed by atoms with Gasteiger partial charge in [0.15, 0.2) is 28.8 Å². The van der Waals surface area contributed by atoms with Crippen LogP contribution in [0.15, 0.2) is 267 Å². The molecule has 0 atom stereocenters. The fourth-order valence-corrected chi connectivity index (χ4v) is 12.3. The van der Waals surface area contributed by atoms with E-state index in [4.69, 9.17) is 28.1 Å². The minimum absolute atomic E-state index is 0.518. The molecule has 0 fully saturated rings. The van der Waals surface area contributed by atoms with Gasteiger partial charge in [0, 0.05) is 49.4 Å². The van der Waals surface area contributed by atoms with Gasteiger partial charge in [0.05, 0.1) is 69.9 Å². The van der Waals surface area contributed by atoms with Crippen molar-refractivity contribution in [3.8, 4) is 113 Å². The van der Waals surface area contributed by atoms with Gasteiger partial charge in [-0.1, -0.05) is 182 Å². The second-order valence-electron chi connectivity index (χ2n) is 22.1. The molecule has 0 N–H and O–H groups in total. The Bertz CT molecular complexity index is 5210. The lowest BCUT2D eigenvalue weighted by atomic mass is 9.97. The Balaban J connectivity index is 1.01. The first-order valence-electron chi connectivity index (χ1n) is 29.1. The summed E-state index contributed by atoms with van der Waals surface area (Å²) < 4.78 is 4.77. The van der Waals surface area contributed by atoms with Crippen LogP contribution in [0.1, 0.15) is 16.7 Å². The number of nitriles is 2. The van der Waals surface area contributed by atoms with E-state index in [1.807, 2.05) is 158 Å². The van der Waals surface area contributed by atoms with Crippen molar-refractivity contribution in [3.63, 3.8) is 0 Å². The van der Waals surface area contributed by atoms with E-state index in [0.717, 1.165) is 133 Å². The van der Waals surface area contributed by atoms with Crippen LogP contribution in [-0.4, -0.2) is 24.1 Å². The molecular formula is C80H47N9. The standard InChI is InChI=1S/C80H47N9/c1-50-14-36-66(76(42-50)88-72-38-28-59(53-19-15-51(48-81)16-20-53)43-68(72)69-44-60(29-39-73(69)88)54-21-17-52(49-82)18-22-54)67-37-27-63(80-86-78(57-10-6-4-7-11-57)85-79(87-80)58-12-8-5-9-13-58)47-77(67)89-74-40-30-61(55-23-32-64(83-2)33-24-55)45-70(74)71-46-62(31-41-75(71)89)56-25-34-65(84-3)35-26-56/h4-47H,1H3. The quantitative estimate of drug-likeness (QED) is 0.127. The highest BCUT2D eigenvalue weighted by molar-refractivity contribution is 6.14. The average Bonchev–Trinajstić information content (AvgIpc) is 1.65. The normalized spacial score (nSPS) is 11.2. The summed E-state index contributed by atoms with van der Waals surface area (Å²) in [6.45, 7) is 17.5. The van der Waals surface area contributed by atoms with Crippen molar-refractivity contribution in [2.75, 3.05) is 0 Å². The maximum Gasteiger partial charge on any atom is 0.187 e. The molecule has 3 heterocycles. The zero-order chi connectivity index (χ0) is 60.1. The molecule has 15 rings (SSSR count). The van der Waals surface area contributed by atoms with Crippen molar-refractivity contribution >= 4 is 55.0 Å². The first kappa shape index (κ1) is 53.0. The Kier molecular flexibility index (Phi) is 13.1. The van der Waals surface area contributed by atoms with Crippen LogP contribution >= 0.6 is 0 Å². The molecule has 3 aromatic heterocycles. The Morgan fingerprint density at radius 1 is 0.315 bits per heavy atom. The number of benzene rings is 12. The zero-order valence-corrected chi connectivity index (χ0v) is 47.9. The number of hydrogen-bond donors (Lipinski definition) is 0. The van der Waals surface area contributed by atoms with Gasteiger partial charge < -0.3 is 9.13 Å². The van der Waals surface area contributed by atoms with Gasteiger partial charge in [-0.25, -0.2) is 24.6 Å². The van der Waals surface area contributed by atoms with E-state index in [-0.39, 0.29) is 0 Å². The number of hydrogen-bond acceptors (Lipinski definition) is 5. The fraction of sp³-hybridized carbons (Fsp3) is 0.0125. The minimum atomic E-state index is 0.518. The molecule has 0 spiro atoms. The molecule has 9 nitrogen and oxygen atoms in total. The van der Waals surface area contributed by atoms with Crippen molar-refractivity contribution in [3.05, 3.63) is 306 Å². The Morgan fingerprint density at radius 3 is 0.989 bits per heavy atom. The second kappa shape index (κ2) is 22.0. The third-order valence-electron chi connectivity index (χ3n) is 16.8. The first-order chi connectivity index (χ1) is 43.8. The molecule has 0 aliphatic rings. The topological polar surface area (TPSA) is 105 Å². The van der Waals surface area contributed by atoms with E-state index in [0.29, 0.717) is 40.0 Å². The van der Waals surface area contributed by atoms with Gasteiger partial charge in [-0.05, 0) is 142 Å². The van der Waals surface area contributed by atoms with Crippen LogP contribution in [0, 0.1) is 42.7 Å². The molecule has 0 amide bonds. The molecule has 0 aliphatic heterocycles. The molecule has 0 radical (unpaired) electrons. The third-order valence-corrected chi connectivity index (χ3v) is 16.8. The van der Waals surface area contributed by atoms with Gasteiger partial charge in [-0.2, -0.15) is 10.5 Å². The van der Waals surface area contributed by atoms with E-state index in [2.05, 4.69) is 147 Å². The van der Waals surface area contributed by atoms with Crippen LogP contribution in [0.2, 0.25) is 0 Å². The van der Waals surface area contributed by atoms with Crippen molar-refractivity contribution in [2.45, 2.75) is 6.92 Å². The van der Waals surface area contributed by atoms with Gasteiger partial charge >= 0.3 is 0 Å². The Hall–Kier alpha value is -12.8. The fourth-order valence-electron chi connectivity index (χ4n) is 12.3. The predicted octanol–water partition coefficient (Wildman–Crippen LogP) is 20.6. The molecule has 0 aliphatic carbocycles. The van der Waals surface area contributed by atoms with Crippen LogP contribution in [-0.2, 0) is 0 Å². The molecular weight excluding hydrogens is 1090 g/mol. The summed E-state index contributed by atoms with van der Waals surface area (Å²) >= 11 is 0. The van der Waals surface area contributed by atoms with Crippen LogP contribution < -0.4 is 0 Å². The maximum absolute atomic E-state index is 9.71. The van der Waals surface area contributed by atoms with Crippen molar-refractivity contribution in [1.29, 1.82) is 10.5 Å². The lowest BCUT2D eigenvalue weighted by Crippen LogP contribution is -2.04. The second-order valence-corrected chi connectivity index (χ2v) is 22.1. The Morgan fingerprint density at radius 2 is 0.629 bits per heavy atom. The molecule has 0 saturated heterocycles. The van der Waals surface area contributed by atoms with Gasteiger partial charge in [0.25, 0.3) is 0 Å². The monoisotopic (exact) mass is 1130 g/mol. The van der Waals surface area contributed by atoms with E-state index in [9.17, 15) is 10.5 Å². The lowest BCUT2D eigenvalue weighted by molar-refractivity contribution is 1.07. The van der Waals surface area contributed by atoms with Crippen molar-refractivity contribution in [1.82, 2.24) is 24.1 Å². The summed E-state index contributed by atoms with van der Waals surface area (Å²) in [5.74, 6) is 1.63. The first-order valence-corrected chi connectivity index (χ1v) is 29.1. The van der Waals surface area contributed by atoms with Crippen molar-refractivity contribution < 1.29 is 0 Å².